The summed E-state index contributed by atoms with van der Waals surface area (Å²) in [5, 5.41) is 10.7. The summed E-state index contributed by atoms with van der Waals surface area (Å²) in [6.07, 6.45) is 1.02. The summed E-state index contributed by atoms with van der Waals surface area (Å²) in [6.45, 7) is 5.10. The first kappa shape index (κ1) is 15.0. The van der Waals surface area contributed by atoms with E-state index in [0.717, 1.165) is 6.42 Å². The number of rotatable bonds is 3. The molecule has 1 aromatic carbocycles. The van der Waals surface area contributed by atoms with Crippen LogP contribution in [0.1, 0.15) is 30.6 Å². The van der Waals surface area contributed by atoms with Crippen molar-refractivity contribution < 1.29 is 18.3 Å². The molecule has 2 rings (SSSR count). The van der Waals surface area contributed by atoms with Gasteiger partial charge >= 0.3 is 0 Å². The van der Waals surface area contributed by atoms with Gasteiger partial charge in [0.15, 0.2) is 0 Å². The van der Waals surface area contributed by atoms with Crippen LogP contribution in [0.2, 0.25) is 0 Å². The maximum absolute atomic E-state index is 12.5. The first-order chi connectivity index (χ1) is 9.30. The molecule has 1 aliphatic heterocycles. The minimum Gasteiger partial charge on any atom is -0.545 e. The molecule has 0 aliphatic carbocycles. The van der Waals surface area contributed by atoms with E-state index in [2.05, 4.69) is 0 Å². The Hall–Kier alpha value is -1.40. The van der Waals surface area contributed by atoms with Crippen LogP contribution < -0.4 is 5.11 Å². The third kappa shape index (κ3) is 3.02. The van der Waals surface area contributed by atoms with Crippen molar-refractivity contribution in [3.8, 4) is 0 Å². The van der Waals surface area contributed by atoms with Crippen LogP contribution >= 0.6 is 0 Å². The number of carbonyl (C=O) groups excluding carboxylic acids is 1. The van der Waals surface area contributed by atoms with E-state index in [1.807, 2.05) is 13.8 Å². The van der Waals surface area contributed by atoms with Crippen LogP contribution in [-0.4, -0.2) is 31.8 Å². The molecule has 1 aliphatic rings. The number of aromatic carboxylic acids is 1. The Morgan fingerprint density at radius 2 is 1.65 bits per heavy atom. The van der Waals surface area contributed by atoms with Gasteiger partial charge in [-0.1, -0.05) is 26.0 Å². The fraction of sp³-hybridized carbons (Fsp3) is 0.500. The molecule has 5 nitrogen and oxygen atoms in total. The molecule has 0 spiro atoms. The first-order valence-corrected chi connectivity index (χ1v) is 8.06. The molecule has 0 N–H and O–H groups in total. The lowest BCUT2D eigenvalue weighted by molar-refractivity contribution is -0.255. The van der Waals surface area contributed by atoms with Crippen LogP contribution in [-0.2, 0) is 10.0 Å². The minimum absolute atomic E-state index is 0.0238. The Bertz CT molecular complexity index is 584. The number of hydrogen-bond acceptors (Lipinski definition) is 4. The number of carbonyl (C=O) groups is 1. The van der Waals surface area contributed by atoms with Crippen molar-refractivity contribution in [2.45, 2.75) is 25.2 Å². The number of benzene rings is 1. The van der Waals surface area contributed by atoms with Gasteiger partial charge in [-0.3, -0.25) is 0 Å². The summed E-state index contributed by atoms with van der Waals surface area (Å²) in [7, 11) is -3.55. The summed E-state index contributed by atoms with van der Waals surface area (Å²) in [4.78, 5) is 10.8. The summed E-state index contributed by atoms with van der Waals surface area (Å²) in [5.41, 5.74) is -0.0238. The molecular weight excluding hydrogens is 278 g/mol. The topological polar surface area (TPSA) is 77.5 Å². The van der Waals surface area contributed by atoms with Gasteiger partial charge in [0.2, 0.25) is 10.0 Å². The molecular formula is C14H18NO4S-. The highest BCUT2D eigenvalue weighted by molar-refractivity contribution is 7.89. The predicted molar refractivity (Wildman–Crippen MR) is 72.5 cm³/mol. The zero-order chi connectivity index (χ0) is 14.9. The van der Waals surface area contributed by atoms with E-state index in [0.29, 0.717) is 24.9 Å². The van der Waals surface area contributed by atoms with Gasteiger partial charge in [-0.15, -0.1) is 0 Å². The normalized spacial score (nSPS) is 24.5. The molecule has 0 saturated carbocycles. The predicted octanol–water partition coefficient (Wildman–Crippen LogP) is 0.717. The highest BCUT2D eigenvalue weighted by Crippen LogP contribution is 2.26. The van der Waals surface area contributed by atoms with Crippen molar-refractivity contribution >= 4 is 16.0 Å². The lowest BCUT2D eigenvalue weighted by Gasteiger charge is -2.34. The molecule has 1 heterocycles. The smallest absolute Gasteiger partial charge is 0.243 e. The molecule has 0 radical (unpaired) electrons. The van der Waals surface area contributed by atoms with Crippen LogP contribution in [0, 0.1) is 11.8 Å². The van der Waals surface area contributed by atoms with Crippen LogP contribution in [0.5, 0.6) is 0 Å². The van der Waals surface area contributed by atoms with Gasteiger partial charge in [0.05, 0.1) is 10.9 Å². The highest BCUT2D eigenvalue weighted by atomic mass is 32.2. The summed E-state index contributed by atoms with van der Waals surface area (Å²) >= 11 is 0. The Morgan fingerprint density at radius 3 is 2.10 bits per heavy atom. The zero-order valence-corrected chi connectivity index (χ0v) is 12.4. The quantitative estimate of drug-likeness (QED) is 0.823. The lowest BCUT2D eigenvalue weighted by Crippen LogP contribution is -2.42. The van der Waals surface area contributed by atoms with E-state index < -0.39 is 16.0 Å². The van der Waals surface area contributed by atoms with E-state index in [1.54, 1.807) is 0 Å². The Labute approximate surface area is 119 Å². The largest absolute Gasteiger partial charge is 0.545 e. The van der Waals surface area contributed by atoms with E-state index in [4.69, 9.17) is 0 Å². The molecule has 0 bridgehead atoms. The van der Waals surface area contributed by atoms with Gasteiger partial charge in [-0.2, -0.15) is 4.31 Å². The van der Waals surface area contributed by atoms with Crippen molar-refractivity contribution in [3.05, 3.63) is 29.8 Å². The van der Waals surface area contributed by atoms with Crippen LogP contribution in [0.15, 0.2) is 29.2 Å². The summed E-state index contributed by atoms with van der Waals surface area (Å²) in [6, 6.07) is 5.17. The van der Waals surface area contributed by atoms with Crippen molar-refractivity contribution in [3.63, 3.8) is 0 Å². The van der Waals surface area contributed by atoms with Gasteiger partial charge < -0.3 is 9.90 Å². The second-order valence-electron chi connectivity index (χ2n) is 5.58. The number of carboxylic acid groups (broad SMARTS) is 1. The molecule has 1 saturated heterocycles. The number of hydrogen-bond donors (Lipinski definition) is 0. The lowest BCUT2D eigenvalue weighted by atomic mass is 9.94. The number of sulfonamides is 1. The summed E-state index contributed by atoms with van der Waals surface area (Å²) < 4.78 is 26.5. The monoisotopic (exact) mass is 296 g/mol. The molecule has 0 aromatic heterocycles. The van der Waals surface area contributed by atoms with Crippen molar-refractivity contribution in [1.82, 2.24) is 4.31 Å². The third-order valence-electron chi connectivity index (χ3n) is 3.56. The fourth-order valence-corrected chi connectivity index (χ4v) is 4.39. The highest BCUT2D eigenvalue weighted by Gasteiger charge is 2.31. The average molecular weight is 296 g/mol. The maximum atomic E-state index is 12.5. The standard InChI is InChI=1S/C14H19NO4S/c1-10-7-11(2)9-15(8-10)20(18,19)13-5-3-12(4-6-13)14(16)17/h3-6,10-11H,7-9H2,1-2H3,(H,16,17)/p-1/t10-,11+. The minimum atomic E-state index is -3.55. The Morgan fingerprint density at radius 1 is 1.15 bits per heavy atom. The second kappa shape index (κ2) is 5.54. The van der Waals surface area contributed by atoms with Crippen LogP contribution in [0.25, 0.3) is 0 Å². The van der Waals surface area contributed by atoms with Crippen LogP contribution in [0.3, 0.4) is 0 Å². The van der Waals surface area contributed by atoms with Gasteiger partial charge in [0.1, 0.15) is 0 Å². The van der Waals surface area contributed by atoms with Gasteiger partial charge in [-0.05, 0) is 36.0 Å². The van der Waals surface area contributed by atoms with E-state index in [9.17, 15) is 18.3 Å². The molecule has 0 amide bonds. The van der Waals surface area contributed by atoms with E-state index in [1.165, 1.54) is 28.6 Å². The van der Waals surface area contributed by atoms with Gasteiger partial charge in [-0.25, -0.2) is 8.42 Å². The first-order valence-electron chi connectivity index (χ1n) is 6.62. The molecule has 1 fully saturated rings. The molecule has 6 heteroatoms. The SMILES string of the molecule is C[C@@H]1C[C@H](C)CN(S(=O)(=O)c2ccc(C(=O)[O-])cc2)C1. The third-order valence-corrected chi connectivity index (χ3v) is 5.41. The van der Waals surface area contributed by atoms with E-state index in [-0.39, 0.29) is 10.5 Å². The number of piperidine rings is 1. The number of nitrogens with zero attached hydrogens (tertiary/aromatic N) is 1. The van der Waals surface area contributed by atoms with Crippen molar-refractivity contribution in [2.75, 3.05) is 13.1 Å². The van der Waals surface area contributed by atoms with Gasteiger partial charge in [0.25, 0.3) is 0 Å². The molecule has 2 atom stereocenters. The fourth-order valence-electron chi connectivity index (χ4n) is 2.71. The molecule has 110 valence electrons. The average Bonchev–Trinajstić information content (AvgIpc) is 2.37. The van der Waals surface area contributed by atoms with Gasteiger partial charge in [0, 0.05) is 13.1 Å². The Balaban J connectivity index is 2.27. The maximum Gasteiger partial charge on any atom is 0.243 e. The van der Waals surface area contributed by atoms with Crippen molar-refractivity contribution in [2.24, 2.45) is 11.8 Å². The number of carboxylic acids is 1. The molecule has 0 unspecified atom stereocenters. The summed E-state index contributed by atoms with van der Waals surface area (Å²) in [5.74, 6) is -0.652. The zero-order valence-electron chi connectivity index (χ0n) is 11.6. The van der Waals surface area contributed by atoms with Crippen LogP contribution in [0.4, 0.5) is 0 Å². The molecule has 1 aromatic rings. The van der Waals surface area contributed by atoms with E-state index >= 15 is 0 Å². The molecule has 20 heavy (non-hydrogen) atoms. The Kier molecular flexibility index (Phi) is 4.15. The second-order valence-corrected chi connectivity index (χ2v) is 7.52. The van der Waals surface area contributed by atoms with Crippen molar-refractivity contribution in [1.29, 1.82) is 0 Å².